The number of likely N-dealkylation sites (tertiary alicyclic amines) is 1. The van der Waals surface area contributed by atoms with E-state index in [-0.39, 0.29) is 35.0 Å². The number of anilines is 2. The molecule has 1 N–H and O–H groups in total. The van der Waals surface area contributed by atoms with Gasteiger partial charge in [0.25, 0.3) is 17.7 Å². The molecule has 10 heteroatoms. The summed E-state index contributed by atoms with van der Waals surface area (Å²) < 4.78 is 4.96. The number of halogens is 1. The Hall–Kier alpha value is -3.69. The molecule has 4 rings (SSSR count). The van der Waals surface area contributed by atoms with Crippen molar-refractivity contribution in [2.75, 3.05) is 44.0 Å². The number of rotatable bonds is 7. The van der Waals surface area contributed by atoms with Crippen LogP contribution < -0.4 is 10.2 Å². The van der Waals surface area contributed by atoms with E-state index in [9.17, 15) is 19.2 Å². The molecule has 0 aromatic heterocycles. The number of benzene rings is 2. The summed E-state index contributed by atoms with van der Waals surface area (Å²) in [6.45, 7) is 3.86. The van der Waals surface area contributed by atoms with Crippen molar-refractivity contribution in [2.24, 2.45) is 0 Å². The van der Waals surface area contributed by atoms with Crippen molar-refractivity contribution < 1.29 is 23.9 Å². The third-order valence-electron chi connectivity index (χ3n) is 6.62. The molecule has 2 aliphatic rings. The first-order valence-corrected chi connectivity index (χ1v) is 12.5. The van der Waals surface area contributed by atoms with Crippen LogP contribution in [0.2, 0.25) is 0 Å². The molecule has 0 spiro atoms. The molecule has 0 radical (unpaired) electrons. The van der Waals surface area contributed by atoms with Crippen molar-refractivity contribution in [1.82, 2.24) is 9.80 Å². The second-order valence-electron chi connectivity index (χ2n) is 9.05. The van der Waals surface area contributed by atoms with Gasteiger partial charge in [-0.1, -0.05) is 11.6 Å². The third-order valence-corrected chi connectivity index (χ3v) is 6.97. The summed E-state index contributed by atoms with van der Waals surface area (Å²) in [4.78, 5) is 55.6. The van der Waals surface area contributed by atoms with Gasteiger partial charge in [0, 0.05) is 24.3 Å². The van der Waals surface area contributed by atoms with Gasteiger partial charge in [-0.15, -0.1) is 0 Å². The molecule has 0 saturated carbocycles. The molecule has 1 fully saturated rings. The molecule has 2 aliphatic heterocycles. The predicted octanol–water partition coefficient (Wildman–Crippen LogP) is 3.47. The van der Waals surface area contributed by atoms with Gasteiger partial charge in [0.15, 0.2) is 0 Å². The van der Waals surface area contributed by atoms with Gasteiger partial charge in [0.05, 0.1) is 17.9 Å². The molecule has 37 heavy (non-hydrogen) atoms. The van der Waals surface area contributed by atoms with E-state index < -0.39 is 17.8 Å². The standard InChI is InChI=1S/C27H29ClN4O5/c1-4-37-27(36)18-7-11-21(12-8-18)32-25(34)22(28)23(26(32)35)29-19-9-5-17(6-10-19)24(33)31(3)20-13-15-30(2)16-14-20/h5-12,20,29H,4,13-16H2,1-3H3. The normalized spacial score (nSPS) is 16.8. The fraction of sp³-hybridized carbons (Fsp3) is 0.333. The molecule has 194 valence electrons. The Morgan fingerprint density at radius 3 is 2.19 bits per heavy atom. The van der Waals surface area contributed by atoms with Crippen LogP contribution in [-0.4, -0.2) is 73.3 Å². The molecule has 9 nitrogen and oxygen atoms in total. The van der Waals surface area contributed by atoms with Crippen LogP contribution in [0.5, 0.6) is 0 Å². The molecule has 2 heterocycles. The molecule has 0 bridgehead atoms. The summed E-state index contributed by atoms with van der Waals surface area (Å²) >= 11 is 6.23. The number of piperidine rings is 1. The second-order valence-corrected chi connectivity index (χ2v) is 9.43. The zero-order chi connectivity index (χ0) is 26.7. The number of carbonyl (C=O) groups excluding carboxylic acids is 4. The van der Waals surface area contributed by atoms with Crippen molar-refractivity contribution in [2.45, 2.75) is 25.8 Å². The summed E-state index contributed by atoms with van der Waals surface area (Å²) in [5, 5.41) is 2.66. The maximum atomic E-state index is 13.1. The summed E-state index contributed by atoms with van der Waals surface area (Å²) in [6.07, 6.45) is 1.87. The summed E-state index contributed by atoms with van der Waals surface area (Å²) in [5.41, 5.74) is 1.55. The van der Waals surface area contributed by atoms with E-state index in [1.165, 1.54) is 24.3 Å². The van der Waals surface area contributed by atoms with Gasteiger partial charge in [-0.2, -0.15) is 0 Å². The number of imide groups is 1. The van der Waals surface area contributed by atoms with Crippen LogP contribution in [0.4, 0.5) is 11.4 Å². The topological polar surface area (TPSA) is 99.3 Å². The average molecular weight is 525 g/mol. The highest BCUT2D eigenvalue weighted by Crippen LogP contribution is 2.30. The third kappa shape index (κ3) is 5.52. The molecular weight excluding hydrogens is 496 g/mol. The number of esters is 1. The lowest BCUT2D eigenvalue weighted by atomic mass is 10.0. The molecule has 2 aromatic rings. The smallest absolute Gasteiger partial charge is 0.338 e. The van der Waals surface area contributed by atoms with Crippen molar-refractivity contribution in [1.29, 1.82) is 0 Å². The van der Waals surface area contributed by atoms with Crippen LogP contribution in [0.15, 0.2) is 59.3 Å². The number of nitrogens with one attached hydrogen (secondary N) is 1. The summed E-state index contributed by atoms with van der Waals surface area (Å²) in [6, 6.07) is 12.8. The van der Waals surface area contributed by atoms with E-state index >= 15 is 0 Å². The molecule has 1 saturated heterocycles. The van der Waals surface area contributed by atoms with Crippen molar-refractivity contribution in [3.05, 3.63) is 70.4 Å². The van der Waals surface area contributed by atoms with Crippen molar-refractivity contribution in [3.63, 3.8) is 0 Å². The first-order chi connectivity index (χ1) is 17.7. The maximum Gasteiger partial charge on any atom is 0.338 e. The molecule has 3 amide bonds. The van der Waals surface area contributed by atoms with Gasteiger partial charge in [0.2, 0.25) is 0 Å². The number of ether oxygens (including phenoxy) is 1. The summed E-state index contributed by atoms with van der Waals surface area (Å²) in [7, 11) is 3.90. The molecule has 2 aromatic carbocycles. The van der Waals surface area contributed by atoms with Gasteiger partial charge in [-0.3, -0.25) is 14.4 Å². The van der Waals surface area contributed by atoms with Crippen molar-refractivity contribution in [3.8, 4) is 0 Å². The molecule has 0 unspecified atom stereocenters. The van der Waals surface area contributed by atoms with E-state index in [0.29, 0.717) is 16.8 Å². The molecule has 0 aliphatic carbocycles. The highest BCUT2D eigenvalue weighted by atomic mass is 35.5. The van der Waals surface area contributed by atoms with Gasteiger partial charge in [-0.25, -0.2) is 9.69 Å². The van der Waals surface area contributed by atoms with Crippen LogP contribution in [0.3, 0.4) is 0 Å². The number of hydrogen-bond acceptors (Lipinski definition) is 7. The Balaban J connectivity index is 1.43. The van der Waals surface area contributed by atoms with E-state index in [0.717, 1.165) is 30.8 Å². The average Bonchev–Trinajstić information content (AvgIpc) is 3.12. The van der Waals surface area contributed by atoms with Crippen LogP contribution in [-0.2, 0) is 14.3 Å². The van der Waals surface area contributed by atoms with Crippen LogP contribution in [0.1, 0.15) is 40.5 Å². The van der Waals surface area contributed by atoms with Gasteiger partial charge >= 0.3 is 5.97 Å². The lowest BCUT2D eigenvalue weighted by Gasteiger charge is -2.35. The number of hydrogen-bond donors (Lipinski definition) is 1. The first kappa shape index (κ1) is 26.4. The first-order valence-electron chi connectivity index (χ1n) is 12.1. The SMILES string of the molecule is CCOC(=O)c1ccc(N2C(=O)C(Cl)=C(Nc3ccc(C(=O)N(C)C4CCN(C)CC4)cc3)C2=O)cc1. The monoisotopic (exact) mass is 524 g/mol. The fourth-order valence-electron chi connectivity index (χ4n) is 4.40. The van der Waals surface area contributed by atoms with E-state index in [1.807, 2.05) is 7.05 Å². The Morgan fingerprint density at radius 2 is 1.59 bits per heavy atom. The van der Waals surface area contributed by atoms with Crippen LogP contribution >= 0.6 is 11.6 Å². The van der Waals surface area contributed by atoms with E-state index in [4.69, 9.17) is 16.3 Å². The molecular formula is C27H29ClN4O5. The lowest BCUT2D eigenvalue weighted by Crippen LogP contribution is -2.44. The quantitative estimate of drug-likeness (QED) is 0.437. The fourth-order valence-corrected chi connectivity index (χ4v) is 4.61. The minimum Gasteiger partial charge on any atom is -0.462 e. The zero-order valence-electron chi connectivity index (χ0n) is 21.0. The Kier molecular flexibility index (Phi) is 7.94. The van der Waals surface area contributed by atoms with E-state index in [1.54, 1.807) is 36.1 Å². The minimum atomic E-state index is -0.676. The van der Waals surface area contributed by atoms with Crippen LogP contribution in [0, 0.1) is 0 Å². The largest absolute Gasteiger partial charge is 0.462 e. The van der Waals surface area contributed by atoms with E-state index in [2.05, 4.69) is 17.3 Å². The van der Waals surface area contributed by atoms with Gasteiger partial charge in [0.1, 0.15) is 10.7 Å². The number of amides is 3. The van der Waals surface area contributed by atoms with Crippen molar-refractivity contribution >= 4 is 46.7 Å². The minimum absolute atomic E-state index is 0.0661. The Labute approximate surface area is 220 Å². The van der Waals surface area contributed by atoms with Crippen LogP contribution in [0.25, 0.3) is 0 Å². The zero-order valence-corrected chi connectivity index (χ0v) is 21.7. The highest BCUT2D eigenvalue weighted by molar-refractivity contribution is 6.53. The number of carbonyl (C=O) groups is 4. The van der Waals surface area contributed by atoms with Gasteiger partial charge in [-0.05, 0) is 88.4 Å². The molecule has 0 atom stereocenters. The predicted molar refractivity (Wildman–Crippen MR) is 140 cm³/mol. The number of nitrogens with zero attached hydrogens (tertiary/aromatic N) is 3. The maximum absolute atomic E-state index is 13.1. The summed E-state index contributed by atoms with van der Waals surface area (Å²) in [5.74, 6) is -1.86. The van der Waals surface area contributed by atoms with Gasteiger partial charge < -0.3 is 19.9 Å². The highest BCUT2D eigenvalue weighted by Gasteiger charge is 2.39. The lowest BCUT2D eigenvalue weighted by molar-refractivity contribution is -0.120. The second kappa shape index (κ2) is 11.1. The Bertz CT molecular complexity index is 1230. The Morgan fingerprint density at radius 1 is 1.00 bits per heavy atom.